The molecule has 0 saturated heterocycles. The second-order valence-corrected chi connectivity index (χ2v) is 4.59. The number of nitrogens with zero attached hydrogens (tertiary/aromatic N) is 1. The van der Waals surface area contributed by atoms with Gasteiger partial charge in [-0.15, -0.1) is 0 Å². The predicted octanol–water partition coefficient (Wildman–Crippen LogP) is 4.56. The summed E-state index contributed by atoms with van der Waals surface area (Å²) in [7, 11) is 0. The van der Waals surface area contributed by atoms with E-state index in [0.717, 1.165) is 5.69 Å². The summed E-state index contributed by atoms with van der Waals surface area (Å²) < 4.78 is 0. The molecule has 0 fully saturated rings. The van der Waals surface area contributed by atoms with Crippen LogP contribution in [-0.2, 0) is 0 Å². The molecule has 1 atom stereocenters. The standard InChI is InChI=1S/C13H12Cl2N2/c1-9(10-4-6-16-7-5-10)17-11-2-3-12(14)13(15)8-11/h2-9,17H,1H3/t9-/m1/s1. The van der Waals surface area contributed by atoms with Gasteiger partial charge in [0.25, 0.3) is 0 Å². The molecule has 1 N–H and O–H groups in total. The molecule has 0 radical (unpaired) electrons. The van der Waals surface area contributed by atoms with Gasteiger partial charge in [0, 0.05) is 24.1 Å². The molecule has 2 rings (SSSR count). The molecule has 0 aliphatic rings. The van der Waals surface area contributed by atoms with E-state index in [1.807, 2.05) is 24.3 Å². The SMILES string of the molecule is C[C@@H](Nc1ccc(Cl)c(Cl)c1)c1ccncc1. The highest BCUT2D eigenvalue weighted by molar-refractivity contribution is 6.42. The first kappa shape index (κ1) is 12.2. The molecule has 2 nitrogen and oxygen atoms in total. The molecule has 1 aromatic heterocycles. The maximum absolute atomic E-state index is 5.96. The molecular formula is C13H12Cl2N2. The minimum Gasteiger partial charge on any atom is -0.378 e. The lowest BCUT2D eigenvalue weighted by molar-refractivity contribution is 0.881. The van der Waals surface area contributed by atoms with E-state index in [1.165, 1.54) is 5.56 Å². The van der Waals surface area contributed by atoms with Crippen LogP contribution in [-0.4, -0.2) is 4.98 Å². The first-order valence-electron chi connectivity index (χ1n) is 5.28. The lowest BCUT2D eigenvalue weighted by atomic mass is 10.1. The monoisotopic (exact) mass is 266 g/mol. The zero-order valence-corrected chi connectivity index (χ0v) is 10.8. The molecule has 2 aromatic rings. The van der Waals surface area contributed by atoms with Crippen LogP contribution in [0.2, 0.25) is 10.0 Å². The molecule has 0 aliphatic heterocycles. The van der Waals surface area contributed by atoms with Gasteiger partial charge in [-0.05, 0) is 42.8 Å². The first-order chi connectivity index (χ1) is 8.16. The Balaban J connectivity index is 2.13. The van der Waals surface area contributed by atoms with E-state index < -0.39 is 0 Å². The Morgan fingerprint density at radius 1 is 1.06 bits per heavy atom. The fourth-order valence-corrected chi connectivity index (χ4v) is 1.87. The Labute approximate surface area is 111 Å². The third-order valence-corrected chi connectivity index (χ3v) is 3.25. The number of aromatic nitrogens is 1. The highest BCUT2D eigenvalue weighted by Crippen LogP contribution is 2.27. The third kappa shape index (κ3) is 3.11. The average Bonchev–Trinajstić information content (AvgIpc) is 2.35. The van der Waals surface area contributed by atoms with Crippen LogP contribution in [0.25, 0.3) is 0 Å². The molecule has 1 heterocycles. The summed E-state index contributed by atoms with van der Waals surface area (Å²) >= 11 is 11.8. The Hall–Kier alpha value is -1.25. The second-order valence-electron chi connectivity index (χ2n) is 3.78. The Morgan fingerprint density at radius 3 is 2.41 bits per heavy atom. The van der Waals surface area contributed by atoms with Gasteiger partial charge in [0.05, 0.1) is 10.0 Å². The van der Waals surface area contributed by atoms with Gasteiger partial charge in [-0.1, -0.05) is 23.2 Å². The van der Waals surface area contributed by atoms with Crippen molar-refractivity contribution < 1.29 is 0 Å². The highest BCUT2D eigenvalue weighted by atomic mass is 35.5. The van der Waals surface area contributed by atoms with Crippen molar-refractivity contribution in [2.24, 2.45) is 0 Å². The van der Waals surface area contributed by atoms with E-state index in [9.17, 15) is 0 Å². The zero-order chi connectivity index (χ0) is 12.3. The summed E-state index contributed by atoms with van der Waals surface area (Å²) in [5.74, 6) is 0. The third-order valence-electron chi connectivity index (χ3n) is 2.51. The van der Waals surface area contributed by atoms with E-state index >= 15 is 0 Å². The molecule has 0 saturated carbocycles. The van der Waals surface area contributed by atoms with Gasteiger partial charge in [-0.3, -0.25) is 4.98 Å². The van der Waals surface area contributed by atoms with Crippen molar-refractivity contribution in [2.45, 2.75) is 13.0 Å². The van der Waals surface area contributed by atoms with Crippen molar-refractivity contribution in [1.29, 1.82) is 0 Å². The predicted molar refractivity (Wildman–Crippen MR) is 72.7 cm³/mol. The smallest absolute Gasteiger partial charge is 0.0612 e. The number of halogens is 2. The minimum absolute atomic E-state index is 0.190. The van der Waals surface area contributed by atoms with Gasteiger partial charge < -0.3 is 5.32 Å². The molecule has 0 spiro atoms. The van der Waals surface area contributed by atoms with Gasteiger partial charge >= 0.3 is 0 Å². The number of benzene rings is 1. The maximum atomic E-state index is 5.96. The van der Waals surface area contributed by atoms with Crippen LogP contribution in [0.15, 0.2) is 42.7 Å². The van der Waals surface area contributed by atoms with E-state index in [1.54, 1.807) is 18.5 Å². The first-order valence-corrected chi connectivity index (χ1v) is 6.04. The largest absolute Gasteiger partial charge is 0.378 e. The number of pyridine rings is 1. The number of hydrogen-bond donors (Lipinski definition) is 1. The summed E-state index contributed by atoms with van der Waals surface area (Å²) in [6.07, 6.45) is 3.56. The maximum Gasteiger partial charge on any atom is 0.0612 e. The molecule has 0 amide bonds. The molecule has 0 unspecified atom stereocenters. The van der Waals surface area contributed by atoms with E-state index in [-0.39, 0.29) is 6.04 Å². The van der Waals surface area contributed by atoms with Crippen molar-refractivity contribution in [3.05, 3.63) is 58.3 Å². The lowest BCUT2D eigenvalue weighted by Crippen LogP contribution is -2.06. The van der Waals surface area contributed by atoms with Gasteiger partial charge in [-0.2, -0.15) is 0 Å². The quantitative estimate of drug-likeness (QED) is 0.881. The van der Waals surface area contributed by atoms with Crippen LogP contribution < -0.4 is 5.32 Å². The number of nitrogens with one attached hydrogen (secondary N) is 1. The topological polar surface area (TPSA) is 24.9 Å². The van der Waals surface area contributed by atoms with Crippen molar-refractivity contribution in [3.63, 3.8) is 0 Å². The average molecular weight is 267 g/mol. The Morgan fingerprint density at radius 2 is 1.76 bits per heavy atom. The summed E-state index contributed by atoms with van der Waals surface area (Å²) in [5, 5.41) is 4.47. The van der Waals surface area contributed by atoms with Crippen LogP contribution >= 0.6 is 23.2 Å². The van der Waals surface area contributed by atoms with Crippen LogP contribution in [0.5, 0.6) is 0 Å². The second kappa shape index (κ2) is 5.39. The van der Waals surface area contributed by atoms with Gasteiger partial charge in [0.2, 0.25) is 0 Å². The van der Waals surface area contributed by atoms with Crippen LogP contribution in [0.3, 0.4) is 0 Å². The van der Waals surface area contributed by atoms with E-state index in [2.05, 4.69) is 17.2 Å². The van der Waals surface area contributed by atoms with Gasteiger partial charge in [0.1, 0.15) is 0 Å². The summed E-state index contributed by atoms with van der Waals surface area (Å²) in [6, 6.07) is 9.67. The Kier molecular flexibility index (Phi) is 3.87. The van der Waals surface area contributed by atoms with Crippen LogP contribution in [0.1, 0.15) is 18.5 Å². The fraction of sp³-hybridized carbons (Fsp3) is 0.154. The van der Waals surface area contributed by atoms with Crippen LogP contribution in [0.4, 0.5) is 5.69 Å². The number of rotatable bonds is 3. The molecule has 0 bridgehead atoms. The summed E-state index contributed by atoms with van der Waals surface area (Å²) in [5.41, 5.74) is 2.12. The molecule has 1 aromatic carbocycles. The van der Waals surface area contributed by atoms with Crippen LogP contribution in [0, 0.1) is 0 Å². The normalized spacial score (nSPS) is 12.2. The van der Waals surface area contributed by atoms with Crippen molar-refractivity contribution in [2.75, 3.05) is 5.32 Å². The zero-order valence-electron chi connectivity index (χ0n) is 9.32. The van der Waals surface area contributed by atoms with Crippen molar-refractivity contribution >= 4 is 28.9 Å². The number of hydrogen-bond acceptors (Lipinski definition) is 2. The highest BCUT2D eigenvalue weighted by Gasteiger charge is 2.05. The molecular weight excluding hydrogens is 255 g/mol. The van der Waals surface area contributed by atoms with Crippen molar-refractivity contribution in [3.8, 4) is 0 Å². The summed E-state index contributed by atoms with van der Waals surface area (Å²) in [6.45, 7) is 2.08. The molecule has 88 valence electrons. The van der Waals surface area contributed by atoms with E-state index in [0.29, 0.717) is 10.0 Å². The molecule has 0 aliphatic carbocycles. The summed E-state index contributed by atoms with van der Waals surface area (Å²) in [4.78, 5) is 3.99. The lowest BCUT2D eigenvalue weighted by Gasteiger charge is -2.15. The van der Waals surface area contributed by atoms with Gasteiger partial charge in [-0.25, -0.2) is 0 Å². The number of anilines is 1. The van der Waals surface area contributed by atoms with Crippen molar-refractivity contribution in [1.82, 2.24) is 4.98 Å². The van der Waals surface area contributed by atoms with E-state index in [4.69, 9.17) is 23.2 Å². The molecule has 17 heavy (non-hydrogen) atoms. The fourth-order valence-electron chi connectivity index (χ4n) is 1.57. The minimum atomic E-state index is 0.190. The van der Waals surface area contributed by atoms with Gasteiger partial charge in [0.15, 0.2) is 0 Å². The Bertz CT molecular complexity index is 500. The molecule has 4 heteroatoms.